The number of nitrogens with zero attached hydrogens (tertiary/aromatic N) is 6. The van der Waals surface area contributed by atoms with Crippen molar-refractivity contribution in [2.24, 2.45) is 7.05 Å². The van der Waals surface area contributed by atoms with Crippen LogP contribution >= 0.6 is 0 Å². The Balaban J connectivity index is 1.44. The van der Waals surface area contributed by atoms with Gasteiger partial charge in [-0.05, 0) is 62.5 Å². The van der Waals surface area contributed by atoms with Crippen molar-refractivity contribution in [1.29, 1.82) is 0 Å². The highest BCUT2D eigenvalue weighted by Gasteiger charge is 2.38. The van der Waals surface area contributed by atoms with Crippen molar-refractivity contribution < 1.29 is 9.16 Å². The number of aromatic nitrogens is 5. The van der Waals surface area contributed by atoms with Gasteiger partial charge in [0.2, 0.25) is 0 Å². The second kappa shape index (κ2) is 13.7. The number of pyridine rings is 1. The van der Waals surface area contributed by atoms with E-state index >= 15 is 0 Å². The van der Waals surface area contributed by atoms with E-state index in [0.717, 1.165) is 24.8 Å². The van der Waals surface area contributed by atoms with Crippen molar-refractivity contribution in [3.8, 4) is 11.4 Å². The molecule has 0 amide bonds. The van der Waals surface area contributed by atoms with Crippen molar-refractivity contribution in [1.82, 2.24) is 24.3 Å². The first kappa shape index (κ1) is 34.1. The van der Waals surface area contributed by atoms with E-state index in [1.165, 1.54) is 12.8 Å². The van der Waals surface area contributed by atoms with E-state index in [1.54, 1.807) is 34.9 Å². The fraction of sp³-hybridized carbons (Fsp3) is 0.625. The minimum atomic E-state index is -1.78. The summed E-state index contributed by atoms with van der Waals surface area (Å²) in [7, 11) is -1.23. The molecular weight excluding hydrogens is 587 g/mol. The average molecular weight is 640 g/mol. The Hall–Kier alpha value is -2.81. The third-order valence-electron chi connectivity index (χ3n) is 8.82. The van der Waals surface area contributed by atoms with E-state index in [4.69, 9.17) is 9.16 Å². The Bertz CT molecular complexity index is 1450. The Morgan fingerprint density at radius 2 is 1.77 bits per heavy atom. The molecule has 0 unspecified atom stereocenters. The van der Waals surface area contributed by atoms with E-state index in [9.17, 15) is 4.79 Å². The lowest BCUT2D eigenvalue weighted by molar-refractivity contribution is 0.0703. The summed E-state index contributed by atoms with van der Waals surface area (Å²) in [6.45, 7) is 22.5. The van der Waals surface area contributed by atoms with Crippen LogP contribution in [0.4, 0.5) is 17.3 Å². The van der Waals surface area contributed by atoms with Crippen LogP contribution < -0.4 is 15.8 Å². The molecule has 3 aromatic rings. The average Bonchev–Trinajstić information content (AvgIpc) is 3.72. The fourth-order valence-electron chi connectivity index (χ4n) is 4.75. The molecule has 10 nitrogen and oxygen atoms in total. The molecule has 1 aliphatic rings. The van der Waals surface area contributed by atoms with Gasteiger partial charge in [-0.25, -0.2) is 15.0 Å². The normalized spacial score (nSPS) is 15.0. The van der Waals surface area contributed by atoms with Crippen LogP contribution in [0, 0.1) is 0 Å². The minimum Gasteiger partial charge on any atom is -0.417 e. The van der Waals surface area contributed by atoms with Crippen LogP contribution in [-0.2, 0) is 22.9 Å². The molecule has 3 aromatic heterocycles. The number of ether oxygens (including phenoxy) is 1. The number of hydrogen-bond donors (Lipinski definition) is 1. The maximum atomic E-state index is 13.1. The predicted molar refractivity (Wildman–Crippen MR) is 185 cm³/mol. The van der Waals surface area contributed by atoms with E-state index in [1.807, 2.05) is 6.20 Å². The topological polar surface area (TPSA) is 99.3 Å². The quantitative estimate of drug-likeness (QED) is 0.142. The van der Waals surface area contributed by atoms with Crippen LogP contribution in [0.25, 0.3) is 11.4 Å². The molecular formula is C32H53N7O3Si2. The van der Waals surface area contributed by atoms with E-state index < -0.39 is 16.4 Å². The van der Waals surface area contributed by atoms with Crippen LogP contribution in [0.15, 0.2) is 41.6 Å². The van der Waals surface area contributed by atoms with Gasteiger partial charge in [0.25, 0.3) is 5.56 Å². The molecule has 12 heteroatoms. The molecule has 0 aromatic carbocycles. The Labute approximate surface area is 265 Å². The molecule has 0 aliphatic heterocycles. The summed E-state index contributed by atoms with van der Waals surface area (Å²) >= 11 is 0. The smallest absolute Gasteiger partial charge is 0.277 e. The second-order valence-electron chi connectivity index (χ2n) is 14.8. The Morgan fingerprint density at radius 1 is 1.07 bits per heavy atom. The number of rotatable bonds is 15. The molecule has 1 fully saturated rings. The van der Waals surface area contributed by atoms with Crippen molar-refractivity contribution in [2.75, 3.05) is 23.4 Å². The van der Waals surface area contributed by atoms with E-state index in [2.05, 4.69) is 97.7 Å². The second-order valence-corrected chi connectivity index (χ2v) is 25.3. The van der Waals surface area contributed by atoms with Crippen LogP contribution in [0.1, 0.15) is 47.0 Å². The molecule has 1 aliphatic carbocycles. The van der Waals surface area contributed by atoms with Crippen LogP contribution in [0.5, 0.6) is 0 Å². The van der Waals surface area contributed by atoms with Gasteiger partial charge in [-0.15, -0.1) is 0 Å². The molecule has 44 heavy (non-hydrogen) atoms. The Morgan fingerprint density at radius 3 is 2.43 bits per heavy atom. The number of anilines is 3. The summed E-state index contributed by atoms with van der Waals surface area (Å²) in [6, 6.07) is 7.91. The van der Waals surface area contributed by atoms with Gasteiger partial charge in [0.15, 0.2) is 14.1 Å². The lowest BCUT2D eigenvalue weighted by Gasteiger charge is -2.37. The zero-order valence-corrected chi connectivity index (χ0v) is 30.5. The van der Waals surface area contributed by atoms with Gasteiger partial charge in [0.1, 0.15) is 23.9 Å². The first-order valence-corrected chi connectivity index (χ1v) is 22.5. The van der Waals surface area contributed by atoms with Crippen molar-refractivity contribution >= 4 is 33.7 Å². The van der Waals surface area contributed by atoms with Gasteiger partial charge in [0, 0.05) is 70.8 Å². The van der Waals surface area contributed by atoms with Crippen LogP contribution in [0.2, 0.25) is 43.8 Å². The minimum absolute atomic E-state index is 0.164. The van der Waals surface area contributed by atoms with Gasteiger partial charge in [-0.1, -0.05) is 40.4 Å². The van der Waals surface area contributed by atoms with Crippen molar-refractivity contribution in [2.45, 2.75) is 110 Å². The number of hydrogen-bond acceptors (Lipinski definition) is 8. The summed E-state index contributed by atoms with van der Waals surface area (Å²) in [5, 5.41) is 3.55. The van der Waals surface area contributed by atoms with Gasteiger partial charge in [0.05, 0.1) is 0 Å². The monoisotopic (exact) mass is 639 g/mol. The van der Waals surface area contributed by atoms with Crippen molar-refractivity contribution in [3.05, 3.63) is 47.1 Å². The molecule has 0 radical (unpaired) electrons. The largest absolute Gasteiger partial charge is 0.417 e. The maximum Gasteiger partial charge on any atom is 0.277 e. The van der Waals surface area contributed by atoms with Gasteiger partial charge in [-0.3, -0.25) is 14.2 Å². The molecule has 0 spiro atoms. The van der Waals surface area contributed by atoms with Crippen molar-refractivity contribution in [3.63, 3.8) is 0 Å². The predicted octanol–water partition coefficient (Wildman–Crippen LogP) is 6.86. The summed E-state index contributed by atoms with van der Waals surface area (Å²) < 4.78 is 15.7. The molecule has 3 heterocycles. The van der Waals surface area contributed by atoms with E-state index in [-0.39, 0.29) is 10.6 Å². The SMILES string of the molecule is C[C@@H](CCO[Si](C)(C)C(C)(C)C)N(c1ccnc(Nc2ccnc(-c3cn(COCC[Si](C)(C)C)n(C)c3=O)n2)c1)C1CC1. The van der Waals surface area contributed by atoms with Gasteiger partial charge in [-0.2, -0.15) is 0 Å². The molecule has 0 bridgehead atoms. The number of nitrogens with one attached hydrogen (secondary N) is 1. The van der Waals surface area contributed by atoms with Gasteiger partial charge >= 0.3 is 0 Å². The lowest BCUT2D eigenvalue weighted by Crippen LogP contribution is -2.42. The fourth-order valence-corrected chi connectivity index (χ4v) is 6.57. The van der Waals surface area contributed by atoms with Crippen LogP contribution in [0.3, 0.4) is 0 Å². The van der Waals surface area contributed by atoms with Gasteiger partial charge < -0.3 is 19.4 Å². The molecule has 1 atom stereocenters. The Kier molecular flexibility index (Phi) is 10.6. The molecule has 0 saturated heterocycles. The first-order chi connectivity index (χ1) is 20.6. The van der Waals surface area contributed by atoms with Crippen LogP contribution in [-0.4, -0.2) is 66.0 Å². The lowest BCUT2D eigenvalue weighted by atomic mass is 10.2. The molecule has 1 N–H and O–H groups in total. The summed E-state index contributed by atoms with van der Waals surface area (Å²) in [5.41, 5.74) is 1.40. The summed E-state index contributed by atoms with van der Waals surface area (Å²) in [5.74, 6) is 1.64. The maximum absolute atomic E-state index is 13.1. The third-order valence-corrected chi connectivity index (χ3v) is 15.1. The third kappa shape index (κ3) is 8.89. The summed E-state index contributed by atoms with van der Waals surface area (Å²) in [4.78, 5) is 29.2. The molecule has 1 saturated carbocycles. The summed E-state index contributed by atoms with van der Waals surface area (Å²) in [6.07, 6.45) is 8.64. The highest BCUT2D eigenvalue weighted by molar-refractivity contribution is 6.76. The first-order valence-electron chi connectivity index (χ1n) is 15.9. The highest BCUT2D eigenvalue weighted by Crippen LogP contribution is 2.38. The standard InChI is InChI=1S/C32H53N7O3Si2/c1-24(15-18-42-44(9,10)32(2,3)4)39(25-11-12-25)26-13-16-33-29(21-26)35-28-14-17-34-30(36-28)27-22-38(37(5)31(27)40)23-41-19-20-43(6,7)8/h13-14,16-17,21-22,24-25H,11-12,15,18-20,23H2,1-10H3,(H,33,34,35,36)/t24-/m0/s1. The molecule has 4 rings (SSSR count). The highest BCUT2D eigenvalue weighted by atomic mass is 28.4. The zero-order chi connectivity index (χ0) is 32.3. The van der Waals surface area contributed by atoms with E-state index in [0.29, 0.717) is 48.4 Å². The molecule has 242 valence electrons. The zero-order valence-electron chi connectivity index (χ0n) is 28.5.